The summed E-state index contributed by atoms with van der Waals surface area (Å²) in [7, 11) is 0. The highest BCUT2D eigenvalue weighted by Crippen LogP contribution is 2.29. The van der Waals surface area contributed by atoms with E-state index < -0.39 is 0 Å². The second-order valence-electron chi connectivity index (χ2n) is 4.75. The van der Waals surface area contributed by atoms with Crippen LogP contribution in [0.15, 0.2) is 22.7 Å². The highest BCUT2D eigenvalue weighted by molar-refractivity contribution is 9.10. The van der Waals surface area contributed by atoms with Gasteiger partial charge in [-0.05, 0) is 59.8 Å². The fourth-order valence-electron chi connectivity index (χ4n) is 2.20. The first-order valence-electron chi connectivity index (χ1n) is 6.45. The zero-order chi connectivity index (χ0) is 13.8. The second-order valence-corrected chi connectivity index (χ2v) is 6.83. The van der Waals surface area contributed by atoms with Crippen molar-refractivity contribution in [2.24, 2.45) is 0 Å². The lowest BCUT2D eigenvalue weighted by molar-refractivity contribution is 0.0580. The zero-order valence-electron chi connectivity index (χ0n) is 10.5. The van der Waals surface area contributed by atoms with Crippen LogP contribution in [0.5, 0.6) is 0 Å². The van der Waals surface area contributed by atoms with Crippen LogP contribution in [0.4, 0.5) is 0 Å². The quantitative estimate of drug-likeness (QED) is 0.635. The number of carbonyl (C=O) groups excluding carboxylic acids is 1. The summed E-state index contributed by atoms with van der Waals surface area (Å²) in [5.74, 6) is 0.106. The highest BCUT2D eigenvalue weighted by atomic mass is 79.9. The van der Waals surface area contributed by atoms with Crippen molar-refractivity contribution in [1.82, 2.24) is 4.90 Å². The molecular formula is C14H16Br2ClNO. The summed E-state index contributed by atoms with van der Waals surface area (Å²) in [6, 6.07) is 5.75. The zero-order valence-corrected chi connectivity index (χ0v) is 14.5. The Hall–Kier alpha value is -0.0600. The molecule has 1 aliphatic carbocycles. The molecule has 0 aliphatic heterocycles. The smallest absolute Gasteiger partial charge is 0.255 e. The fraction of sp³-hybridized carbons (Fsp3) is 0.500. The van der Waals surface area contributed by atoms with Gasteiger partial charge in [0, 0.05) is 27.4 Å². The molecule has 1 amide bonds. The van der Waals surface area contributed by atoms with Crippen molar-refractivity contribution in [2.75, 3.05) is 11.9 Å². The van der Waals surface area contributed by atoms with Gasteiger partial charge in [-0.3, -0.25) is 4.79 Å². The lowest BCUT2D eigenvalue weighted by Gasteiger charge is -2.37. The number of amides is 1. The molecule has 0 saturated heterocycles. The summed E-state index contributed by atoms with van der Waals surface area (Å²) < 4.78 is 0.771. The van der Waals surface area contributed by atoms with Gasteiger partial charge in [0.15, 0.2) is 0 Å². The summed E-state index contributed by atoms with van der Waals surface area (Å²) in [6.45, 7) is 0.809. The maximum atomic E-state index is 12.7. The summed E-state index contributed by atoms with van der Waals surface area (Å²) in [6.07, 6.45) is 4.45. The molecule has 0 aromatic heterocycles. The molecule has 1 saturated carbocycles. The maximum absolute atomic E-state index is 12.7. The molecule has 0 N–H and O–H groups in total. The first-order valence-corrected chi connectivity index (χ1v) is 8.74. The number of halogens is 3. The third-order valence-electron chi connectivity index (χ3n) is 3.47. The molecule has 5 heteroatoms. The van der Waals surface area contributed by atoms with Crippen LogP contribution in [0.3, 0.4) is 0 Å². The SMILES string of the molecule is O=C(c1ccc(Cl)cc1Br)N(CCCBr)C1CCC1. The molecule has 2 nitrogen and oxygen atoms in total. The minimum Gasteiger partial charge on any atom is -0.336 e. The van der Waals surface area contributed by atoms with Crippen molar-refractivity contribution in [1.29, 1.82) is 0 Å². The predicted octanol–water partition coefficient (Wildman–Crippen LogP) is 4.88. The Bertz CT molecular complexity index is 463. The first-order chi connectivity index (χ1) is 9.13. The van der Waals surface area contributed by atoms with E-state index in [4.69, 9.17) is 11.6 Å². The molecule has 1 aromatic carbocycles. The topological polar surface area (TPSA) is 20.3 Å². The largest absolute Gasteiger partial charge is 0.336 e. The molecule has 2 rings (SSSR count). The van der Waals surface area contributed by atoms with E-state index in [0.29, 0.717) is 16.6 Å². The van der Waals surface area contributed by atoms with E-state index in [1.165, 1.54) is 6.42 Å². The Morgan fingerprint density at radius 2 is 2.16 bits per heavy atom. The highest BCUT2D eigenvalue weighted by Gasteiger charge is 2.29. The Kier molecular flexibility index (Phi) is 5.72. The van der Waals surface area contributed by atoms with Crippen LogP contribution in [0.25, 0.3) is 0 Å². The predicted molar refractivity (Wildman–Crippen MR) is 86.2 cm³/mol. The van der Waals surface area contributed by atoms with Crippen molar-refractivity contribution in [2.45, 2.75) is 31.7 Å². The minimum atomic E-state index is 0.106. The van der Waals surface area contributed by atoms with Gasteiger partial charge in [-0.15, -0.1) is 0 Å². The lowest BCUT2D eigenvalue weighted by atomic mass is 9.91. The summed E-state index contributed by atoms with van der Waals surface area (Å²) in [5.41, 5.74) is 0.700. The molecule has 1 aliphatic rings. The standard InChI is InChI=1S/C14H16Br2ClNO/c15-7-2-8-18(11-3-1-4-11)14(19)12-6-5-10(17)9-13(12)16/h5-6,9,11H,1-4,7-8H2. The van der Waals surface area contributed by atoms with Gasteiger partial charge in [-0.2, -0.15) is 0 Å². The van der Waals surface area contributed by atoms with Gasteiger partial charge in [0.2, 0.25) is 0 Å². The van der Waals surface area contributed by atoms with Gasteiger partial charge in [0.05, 0.1) is 5.56 Å². The summed E-state index contributed by atoms with van der Waals surface area (Å²) in [4.78, 5) is 14.7. The fourth-order valence-corrected chi connectivity index (χ4v) is 3.30. The van der Waals surface area contributed by atoms with Gasteiger partial charge in [-0.1, -0.05) is 27.5 Å². The summed E-state index contributed by atoms with van der Waals surface area (Å²) >= 11 is 12.8. The third-order valence-corrected chi connectivity index (χ3v) is 4.92. The molecule has 0 spiro atoms. The molecule has 1 fully saturated rings. The van der Waals surface area contributed by atoms with E-state index in [2.05, 4.69) is 31.9 Å². The number of alkyl halides is 1. The van der Waals surface area contributed by atoms with Gasteiger partial charge < -0.3 is 4.90 Å². The molecule has 0 unspecified atom stereocenters. The molecule has 0 heterocycles. The van der Waals surface area contributed by atoms with Crippen LogP contribution >= 0.6 is 43.5 Å². The molecular weight excluding hydrogens is 393 g/mol. The van der Waals surface area contributed by atoms with Crippen LogP contribution < -0.4 is 0 Å². The Morgan fingerprint density at radius 1 is 1.42 bits per heavy atom. The molecule has 104 valence electrons. The Labute approximate surface area is 135 Å². The van der Waals surface area contributed by atoms with Crippen LogP contribution in [-0.2, 0) is 0 Å². The number of hydrogen-bond acceptors (Lipinski definition) is 1. The number of carbonyl (C=O) groups is 1. The molecule has 0 radical (unpaired) electrons. The van der Waals surface area contributed by atoms with Crippen LogP contribution in [-0.4, -0.2) is 28.7 Å². The monoisotopic (exact) mass is 407 g/mol. The van der Waals surface area contributed by atoms with E-state index in [1.807, 2.05) is 4.90 Å². The van der Waals surface area contributed by atoms with Gasteiger partial charge in [0.25, 0.3) is 5.91 Å². The van der Waals surface area contributed by atoms with Crippen molar-refractivity contribution < 1.29 is 4.79 Å². The Morgan fingerprint density at radius 3 is 2.68 bits per heavy atom. The normalized spacial score (nSPS) is 15.1. The lowest BCUT2D eigenvalue weighted by Crippen LogP contribution is -2.45. The average molecular weight is 410 g/mol. The van der Waals surface area contributed by atoms with Crippen LogP contribution in [0.2, 0.25) is 5.02 Å². The van der Waals surface area contributed by atoms with Crippen molar-refractivity contribution in [3.63, 3.8) is 0 Å². The molecule has 1 aromatic rings. The minimum absolute atomic E-state index is 0.106. The van der Waals surface area contributed by atoms with E-state index in [-0.39, 0.29) is 5.91 Å². The van der Waals surface area contributed by atoms with Crippen molar-refractivity contribution >= 4 is 49.4 Å². The Balaban J connectivity index is 2.17. The second kappa shape index (κ2) is 7.09. The van der Waals surface area contributed by atoms with Crippen molar-refractivity contribution in [3.05, 3.63) is 33.3 Å². The molecule has 0 bridgehead atoms. The third kappa shape index (κ3) is 3.73. The van der Waals surface area contributed by atoms with Gasteiger partial charge >= 0.3 is 0 Å². The molecule has 0 atom stereocenters. The van der Waals surface area contributed by atoms with Crippen LogP contribution in [0.1, 0.15) is 36.0 Å². The average Bonchev–Trinajstić information content (AvgIpc) is 2.31. The number of rotatable bonds is 5. The number of benzene rings is 1. The van der Waals surface area contributed by atoms with Crippen LogP contribution in [0, 0.1) is 0 Å². The van der Waals surface area contributed by atoms with E-state index in [0.717, 1.165) is 35.6 Å². The first kappa shape index (κ1) is 15.3. The van der Waals surface area contributed by atoms with E-state index in [9.17, 15) is 4.79 Å². The van der Waals surface area contributed by atoms with Crippen molar-refractivity contribution in [3.8, 4) is 0 Å². The maximum Gasteiger partial charge on any atom is 0.255 e. The molecule has 19 heavy (non-hydrogen) atoms. The van der Waals surface area contributed by atoms with E-state index >= 15 is 0 Å². The van der Waals surface area contributed by atoms with Gasteiger partial charge in [0.1, 0.15) is 0 Å². The van der Waals surface area contributed by atoms with Gasteiger partial charge in [-0.25, -0.2) is 0 Å². The van der Waals surface area contributed by atoms with E-state index in [1.54, 1.807) is 18.2 Å². The number of hydrogen-bond donors (Lipinski definition) is 0. The number of nitrogens with zero attached hydrogens (tertiary/aromatic N) is 1. The summed E-state index contributed by atoms with van der Waals surface area (Å²) in [5, 5.41) is 1.56.